The number of hydrogen-bond acceptors (Lipinski definition) is 4. The van der Waals surface area contributed by atoms with Crippen molar-refractivity contribution in [2.75, 3.05) is 5.32 Å². The third kappa shape index (κ3) is 5.30. The Morgan fingerprint density at radius 1 is 1.11 bits per heavy atom. The number of ether oxygens (including phenoxy) is 2. The van der Waals surface area contributed by atoms with Crippen molar-refractivity contribution < 1.29 is 18.7 Å². The van der Waals surface area contributed by atoms with Crippen LogP contribution in [0.3, 0.4) is 0 Å². The highest BCUT2D eigenvalue weighted by Crippen LogP contribution is 2.27. The topological polar surface area (TPSA) is 60.5 Å². The van der Waals surface area contributed by atoms with E-state index in [1.165, 1.54) is 12.1 Å². The lowest BCUT2D eigenvalue weighted by Gasteiger charge is -2.16. The van der Waals surface area contributed by atoms with Crippen LogP contribution >= 0.6 is 0 Å². The molecule has 28 heavy (non-hydrogen) atoms. The molecule has 3 rings (SSSR count). The number of aromatic nitrogens is 1. The lowest BCUT2D eigenvalue weighted by molar-refractivity contribution is 0.102. The third-order valence-corrected chi connectivity index (χ3v) is 3.76. The van der Waals surface area contributed by atoms with E-state index in [0.717, 1.165) is 0 Å². The Bertz CT molecular complexity index is 946. The number of carbonyl (C=O) groups excluding carboxylic acids is 1. The Morgan fingerprint density at radius 2 is 1.96 bits per heavy atom. The molecule has 0 saturated heterocycles. The maximum Gasteiger partial charge on any atom is 0.260 e. The molecule has 144 valence electrons. The van der Waals surface area contributed by atoms with E-state index in [9.17, 15) is 9.18 Å². The fourth-order valence-corrected chi connectivity index (χ4v) is 2.55. The molecule has 3 aromatic rings. The van der Waals surface area contributed by atoms with E-state index in [1.54, 1.807) is 54.7 Å². The molecule has 5 nitrogen and oxygen atoms in total. The van der Waals surface area contributed by atoms with Crippen molar-refractivity contribution in [3.8, 4) is 11.5 Å². The summed E-state index contributed by atoms with van der Waals surface area (Å²) in [6.07, 6.45) is 1.50. The number of halogens is 1. The van der Waals surface area contributed by atoms with Gasteiger partial charge < -0.3 is 14.8 Å². The molecule has 0 aliphatic carbocycles. The number of pyridine rings is 1. The van der Waals surface area contributed by atoms with E-state index in [1.807, 2.05) is 13.8 Å². The second-order valence-electron chi connectivity index (χ2n) is 6.41. The monoisotopic (exact) mass is 380 g/mol. The van der Waals surface area contributed by atoms with Crippen LogP contribution in [0.2, 0.25) is 0 Å². The van der Waals surface area contributed by atoms with Gasteiger partial charge in [0.05, 0.1) is 11.7 Å². The predicted octanol–water partition coefficient (Wildman–Crippen LogP) is 4.84. The van der Waals surface area contributed by atoms with Crippen LogP contribution in [0.15, 0.2) is 66.9 Å². The van der Waals surface area contributed by atoms with Crippen molar-refractivity contribution in [3.63, 3.8) is 0 Å². The van der Waals surface area contributed by atoms with E-state index < -0.39 is 0 Å². The zero-order chi connectivity index (χ0) is 19.9. The van der Waals surface area contributed by atoms with Gasteiger partial charge in [0, 0.05) is 6.20 Å². The Labute approximate surface area is 163 Å². The first-order valence-corrected chi connectivity index (χ1v) is 8.91. The van der Waals surface area contributed by atoms with E-state index in [2.05, 4.69) is 10.3 Å². The van der Waals surface area contributed by atoms with Crippen LogP contribution in [0.5, 0.6) is 11.5 Å². The molecule has 0 unspecified atom stereocenters. The van der Waals surface area contributed by atoms with E-state index in [4.69, 9.17) is 9.47 Å². The highest BCUT2D eigenvalue weighted by atomic mass is 19.1. The van der Waals surface area contributed by atoms with Gasteiger partial charge >= 0.3 is 0 Å². The molecule has 0 saturated carbocycles. The van der Waals surface area contributed by atoms with Gasteiger partial charge in [-0.05, 0) is 61.9 Å². The predicted molar refractivity (Wildman–Crippen MR) is 105 cm³/mol. The number of carbonyl (C=O) groups is 1. The summed E-state index contributed by atoms with van der Waals surface area (Å²) in [6.45, 7) is 3.95. The van der Waals surface area contributed by atoms with Crippen LogP contribution in [-0.4, -0.2) is 17.0 Å². The Morgan fingerprint density at radius 3 is 2.68 bits per heavy atom. The van der Waals surface area contributed by atoms with Gasteiger partial charge in [0.2, 0.25) is 0 Å². The van der Waals surface area contributed by atoms with Crippen molar-refractivity contribution >= 4 is 11.7 Å². The summed E-state index contributed by atoms with van der Waals surface area (Å²) in [5, 5.41) is 2.75. The number of amides is 1. The Balaban J connectivity index is 1.80. The minimum atomic E-state index is -0.356. The van der Waals surface area contributed by atoms with Gasteiger partial charge in [0.25, 0.3) is 5.91 Å². The minimum Gasteiger partial charge on any atom is -0.490 e. The Kier molecular flexibility index (Phi) is 6.22. The maximum absolute atomic E-state index is 13.3. The Hall–Kier alpha value is -3.41. The van der Waals surface area contributed by atoms with Crippen LogP contribution in [0, 0.1) is 5.82 Å². The molecule has 1 aromatic heterocycles. The van der Waals surface area contributed by atoms with Crippen LogP contribution in [0.25, 0.3) is 0 Å². The van der Waals surface area contributed by atoms with Gasteiger partial charge in [-0.15, -0.1) is 0 Å². The standard InChI is InChI=1S/C22H21FN2O3/c1-15(2)28-20-10-9-18(27-14-16-6-5-7-17(23)12-16)13-19(20)22(26)25-21-8-3-4-11-24-21/h3-13,15H,14H2,1-2H3,(H,24,25,26). The highest BCUT2D eigenvalue weighted by Gasteiger charge is 2.16. The van der Waals surface area contributed by atoms with Crippen molar-refractivity contribution in [2.45, 2.75) is 26.6 Å². The second-order valence-corrected chi connectivity index (χ2v) is 6.41. The SMILES string of the molecule is CC(C)Oc1ccc(OCc2cccc(F)c2)cc1C(=O)Nc1ccccn1. The molecule has 1 N–H and O–H groups in total. The molecule has 0 spiro atoms. The summed E-state index contributed by atoms with van der Waals surface area (Å²) < 4.78 is 24.8. The van der Waals surface area contributed by atoms with Crippen molar-refractivity contribution in [1.29, 1.82) is 0 Å². The number of anilines is 1. The maximum atomic E-state index is 13.3. The van der Waals surface area contributed by atoms with Crippen LogP contribution < -0.4 is 14.8 Å². The fraction of sp³-hybridized carbons (Fsp3) is 0.182. The van der Waals surface area contributed by atoms with Gasteiger partial charge in [0.1, 0.15) is 29.7 Å². The average molecular weight is 380 g/mol. The van der Waals surface area contributed by atoms with E-state index in [-0.39, 0.29) is 24.4 Å². The second kappa shape index (κ2) is 8.99. The first-order chi connectivity index (χ1) is 13.5. The molecular formula is C22H21FN2O3. The summed E-state index contributed by atoms with van der Waals surface area (Å²) in [7, 11) is 0. The lowest BCUT2D eigenvalue weighted by atomic mass is 10.1. The largest absolute Gasteiger partial charge is 0.490 e. The van der Waals surface area contributed by atoms with Crippen LogP contribution in [0.1, 0.15) is 29.8 Å². The smallest absolute Gasteiger partial charge is 0.260 e. The van der Waals surface area contributed by atoms with Crippen LogP contribution in [0.4, 0.5) is 10.2 Å². The molecule has 2 aromatic carbocycles. The van der Waals surface area contributed by atoms with Gasteiger partial charge in [-0.25, -0.2) is 9.37 Å². The summed E-state index contributed by atoms with van der Waals surface area (Å²) in [5.74, 6) is 0.685. The molecule has 6 heteroatoms. The van der Waals surface area contributed by atoms with E-state index in [0.29, 0.717) is 28.4 Å². The molecule has 0 radical (unpaired) electrons. The summed E-state index contributed by atoms with van der Waals surface area (Å²) in [5.41, 5.74) is 1.03. The van der Waals surface area contributed by atoms with Gasteiger partial charge in [0.15, 0.2) is 0 Å². The molecule has 0 bridgehead atoms. The lowest BCUT2D eigenvalue weighted by Crippen LogP contribution is -2.16. The summed E-state index contributed by atoms with van der Waals surface area (Å²) in [4.78, 5) is 16.9. The summed E-state index contributed by atoms with van der Waals surface area (Å²) in [6, 6.07) is 16.4. The van der Waals surface area contributed by atoms with Crippen molar-refractivity contribution in [3.05, 3.63) is 83.8 Å². The molecular weight excluding hydrogens is 359 g/mol. The molecule has 0 atom stereocenters. The number of nitrogens with zero attached hydrogens (tertiary/aromatic N) is 1. The quantitative estimate of drug-likeness (QED) is 0.637. The average Bonchev–Trinajstić information content (AvgIpc) is 2.67. The zero-order valence-electron chi connectivity index (χ0n) is 15.7. The highest BCUT2D eigenvalue weighted by molar-refractivity contribution is 6.06. The molecule has 0 aliphatic rings. The van der Waals surface area contributed by atoms with E-state index >= 15 is 0 Å². The third-order valence-electron chi connectivity index (χ3n) is 3.76. The fourth-order valence-electron chi connectivity index (χ4n) is 2.55. The zero-order valence-corrected chi connectivity index (χ0v) is 15.7. The number of hydrogen-bond donors (Lipinski definition) is 1. The van der Waals surface area contributed by atoms with Gasteiger partial charge in [-0.1, -0.05) is 18.2 Å². The minimum absolute atomic E-state index is 0.0968. The number of benzene rings is 2. The molecule has 1 heterocycles. The first kappa shape index (κ1) is 19.4. The molecule has 0 aliphatic heterocycles. The van der Waals surface area contributed by atoms with Crippen molar-refractivity contribution in [1.82, 2.24) is 4.98 Å². The van der Waals surface area contributed by atoms with Gasteiger partial charge in [-0.2, -0.15) is 0 Å². The molecule has 0 fully saturated rings. The summed E-state index contributed by atoms with van der Waals surface area (Å²) >= 11 is 0. The number of nitrogens with one attached hydrogen (secondary N) is 1. The van der Waals surface area contributed by atoms with Gasteiger partial charge in [-0.3, -0.25) is 4.79 Å². The number of rotatable bonds is 7. The van der Waals surface area contributed by atoms with Crippen LogP contribution in [-0.2, 0) is 6.61 Å². The first-order valence-electron chi connectivity index (χ1n) is 8.91. The van der Waals surface area contributed by atoms with Crippen molar-refractivity contribution in [2.24, 2.45) is 0 Å². The normalized spacial score (nSPS) is 10.6. The molecule has 1 amide bonds.